The quantitative estimate of drug-likeness (QED) is 0.902. The summed E-state index contributed by atoms with van der Waals surface area (Å²) in [5, 5.41) is 3.34. The fraction of sp³-hybridized carbons (Fsp3) is 0.632. The summed E-state index contributed by atoms with van der Waals surface area (Å²) in [5.41, 5.74) is 3.14. The van der Waals surface area contributed by atoms with Gasteiger partial charge in [0.15, 0.2) is 0 Å². The second kappa shape index (κ2) is 6.45. The minimum atomic E-state index is 0. The standard InChI is InChI=1S/C19H26N2O.ClH/c1-20-15-8-5-11-21(13-15)18(22)17-12-19(17)10-4-7-14-6-2-3-9-16(14)19;/h2-3,6,9,15,17,20H,4-5,7-8,10-13H2,1H3;1H. The predicted octanol–water partition coefficient (Wildman–Crippen LogP) is 2.91. The number of carbonyl (C=O) groups excluding carboxylic acids is 1. The number of likely N-dealkylation sites (tertiary alicyclic amines) is 1. The number of benzene rings is 1. The molecule has 126 valence electrons. The van der Waals surface area contributed by atoms with Gasteiger partial charge in [0.2, 0.25) is 5.91 Å². The fourth-order valence-electron chi connectivity index (χ4n) is 4.79. The number of rotatable bonds is 2. The van der Waals surface area contributed by atoms with Gasteiger partial charge in [0.05, 0.1) is 0 Å². The van der Waals surface area contributed by atoms with E-state index in [1.54, 1.807) is 0 Å². The molecule has 1 aliphatic heterocycles. The average molecular weight is 335 g/mol. The molecule has 4 rings (SSSR count). The Bertz CT molecular complexity index is 590. The molecule has 3 unspecified atom stereocenters. The summed E-state index contributed by atoms with van der Waals surface area (Å²) in [5.74, 6) is 0.654. The molecule has 1 N–H and O–H groups in total. The number of amides is 1. The molecule has 1 amide bonds. The van der Waals surface area contributed by atoms with Crippen molar-refractivity contribution in [1.29, 1.82) is 0 Å². The third-order valence-electron chi connectivity index (χ3n) is 6.14. The highest BCUT2D eigenvalue weighted by Gasteiger charge is 2.60. The molecule has 1 saturated carbocycles. The highest BCUT2D eigenvalue weighted by atomic mass is 35.5. The lowest BCUT2D eigenvalue weighted by Crippen LogP contribution is -2.48. The largest absolute Gasteiger partial charge is 0.341 e. The molecule has 23 heavy (non-hydrogen) atoms. The maximum absolute atomic E-state index is 13.0. The molecule has 3 atom stereocenters. The molecule has 0 bridgehead atoms. The van der Waals surface area contributed by atoms with E-state index in [0.29, 0.717) is 11.9 Å². The number of hydrogen-bond donors (Lipinski definition) is 1. The van der Waals surface area contributed by atoms with Gasteiger partial charge < -0.3 is 10.2 Å². The van der Waals surface area contributed by atoms with Crippen molar-refractivity contribution in [2.24, 2.45) is 5.92 Å². The Morgan fingerprint density at radius 3 is 2.96 bits per heavy atom. The highest BCUT2D eigenvalue weighted by Crippen LogP contribution is 2.60. The van der Waals surface area contributed by atoms with Gasteiger partial charge in [-0.2, -0.15) is 0 Å². The van der Waals surface area contributed by atoms with Crippen LogP contribution in [-0.2, 0) is 16.6 Å². The number of nitrogens with one attached hydrogen (secondary N) is 1. The first kappa shape index (κ1) is 16.8. The number of nitrogens with zero attached hydrogens (tertiary/aromatic N) is 1. The first-order chi connectivity index (χ1) is 10.7. The molecule has 0 radical (unpaired) electrons. The van der Waals surface area contributed by atoms with Gasteiger partial charge in [0, 0.05) is 30.5 Å². The van der Waals surface area contributed by atoms with E-state index < -0.39 is 0 Å². The van der Waals surface area contributed by atoms with Crippen LogP contribution in [0, 0.1) is 5.92 Å². The second-order valence-electron chi connectivity index (χ2n) is 7.34. The number of aryl methyl sites for hydroxylation is 1. The van der Waals surface area contributed by atoms with Crippen molar-refractivity contribution in [2.45, 2.75) is 50.0 Å². The summed E-state index contributed by atoms with van der Waals surface area (Å²) in [7, 11) is 2.01. The second-order valence-corrected chi connectivity index (χ2v) is 7.34. The zero-order valence-corrected chi connectivity index (χ0v) is 14.7. The molecule has 1 aromatic carbocycles. The van der Waals surface area contributed by atoms with E-state index in [1.165, 1.54) is 36.8 Å². The average Bonchev–Trinajstić information content (AvgIpc) is 3.29. The first-order valence-corrected chi connectivity index (χ1v) is 8.79. The minimum absolute atomic E-state index is 0. The van der Waals surface area contributed by atoms with Crippen LogP contribution in [0.5, 0.6) is 0 Å². The van der Waals surface area contributed by atoms with Gasteiger partial charge in [-0.05, 0) is 56.7 Å². The molecule has 2 aliphatic carbocycles. The lowest BCUT2D eigenvalue weighted by Gasteiger charge is -2.34. The van der Waals surface area contributed by atoms with Gasteiger partial charge in [0.1, 0.15) is 0 Å². The summed E-state index contributed by atoms with van der Waals surface area (Å²) in [6.07, 6.45) is 7.02. The molecular formula is C19H27ClN2O. The number of carbonyl (C=O) groups is 1. The zero-order valence-electron chi connectivity index (χ0n) is 13.9. The molecule has 1 spiro atoms. The predicted molar refractivity (Wildman–Crippen MR) is 95.1 cm³/mol. The van der Waals surface area contributed by atoms with Crippen LogP contribution in [0.25, 0.3) is 0 Å². The lowest BCUT2D eigenvalue weighted by atomic mass is 9.78. The van der Waals surface area contributed by atoms with Crippen LogP contribution in [0.2, 0.25) is 0 Å². The Morgan fingerprint density at radius 2 is 2.13 bits per heavy atom. The monoisotopic (exact) mass is 334 g/mol. The molecular weight excluding hydrogens is 308 g/mol. The van der Waals surface area contributed by atoms with Crippen LogP contribution in [0.3, 0.4) is 0 Å². The topological polar surface area (TPSA) is 32.3 Å². The summed E-state index contributed by atoms with van der Waals surface area (Å²) in [6.45, 7) is 1.84. The Morgan fingerprint density at radius 1 is 1.30 bits per heavy atom. The third kappa shape index (κ3) is 2.78. The van der Waals surface area contributed by atoms with Crippen molar-refractivity contribution in [3.05, 3.63) is 35.4 Å². The van der Waals surface area contributed by atoms with Gasteiger partial charge >= 0.3 is 0 Å². The Labute approximate surface area is 145 Å². The molecule has 3 aliphatic rings. The Balaban J connectivity index is 0.00000156. The normalized spacial score (nSPS) is 32.1. The number of piperidine rings is 1. The molecule has 1 heterocycles. The van der Waals surface area contributed by atoms with Crippen LogP contribution in [0.1, 0.15) is 43.2 Å². The lowest BCUT2D eigenvalue weighted by molar-refractivity contribution is -0.134. The Hall–Kier alpha value is -1.06. The van der Waals surface area contributed by atoms with E-state index in [-0.39, 0.29) is 23.7 Å². The van der Waals surface area contributed by atoms with E-state index in [2.05, 4.69) is 34.5 Å². The van der Waals surface area contributed by atoms with E-state index in [9.17, 15) is 4.79 Å². The summed E-state index contributed by atoms with van der Waals surface area (Å²) >= 11 is 0. The van der Waals surface area contributed by atoms with Gasteiger partial charge in [-0.1, -0.05) is 24.3 Å². The highest BCUT2D eigenvalue weighted by molar-refractivity contribution is 5.85. The van der Waals surface area contributed by atoms with Crippen LogP contribution >= 0.6 is 12.4 Å². The van der Waals surface area contributed by atoms with E-state index in [0.717, 1.165) is 25.9 Å². The number of halogens is 1. The molecule has 1 aromatic rings. The van der Waals surface area contributed by atoms with Crippen LogP contribution in [-0.4, -0.2) is 37.0 Å². The summed E-state index contributed by atoms with van der Waals surface area (Å²) in [6, 6.07) is 9.29. The Kier molecular flexibility index (Phi) is 4.70. The number of likely N-dealkylation sites (N-methyl/N-ethyl adjacent to an activating group) is 1. The molecule has 4 heteroatoms. The van der Waals surface area contributed by atoms with Gasteiger partial charge in [-0.25, -0.2) is 0 Å². The van der Waals surface area contributed by atoms with Crippen LogP contribution < -0.4 is 5.32 Å². The molecule has 3 nitrogen and oxygen atoms in total. The summed E-state index contributed by atoms with van der Waals surface area (Å²) in [4.78, 5) is 15.1. The van der Waals surface area contributed by atoms with Crippen molar-refractivity contribution < 1.29 is 4.79 Å². The van der Waals surface area contributed by atoms with E-state index in [1.807, 2.05) is 7.05 Å². The smallest absolute Gasteiger partial charge is 0.226 e. The number of hydrogen-bond acceptors (Lipinski definition) is 2. The maximum atomic E-state index is 13.0. The SMILES string of the molecule is CNC1CCCN(C(=O)C2CC23CCCc2ccccc23)C1.Cl. The van der Waals surface area contributed by atoms with Crippen molar-refractivity contribution in [2.75, 3.05) is 20.1 Å². The van der Waals surface area contributed by atoms with E-state index >= 15 is 0 Å². The van der Waals surface area contributed by atoms with Gasteiger partial charge in [-0.15, -0.1) is 12.4 Å². The third-order valence-corrected chi connectivity index (χ3v) is 6.14. The molecule has 1 saturated heterocycles. The first-order valence-electron chi connectivity index (χ1n) is 8.79. The van der Waals surface area contributed by atoms with Gasteiger partial charge in [0.25, 0.3) is 0 Å². The van der Waals surface area contributed by atoms with Gasteiger partial charge in [-0.3, -0.25) is 4.79 Å². The van der Waals surface area contributed by atoms with Crippen LogP contribution in [0.15, 0.2) is 24.3 Å². The summed E-state index contributed by atoms with van der Waals surface area (Å²) < 4.78 is 0. The fourth-order valence-corrected chi connectivity index (χ4v) is 4.79. The number of fused-ring (bicyclic) bond motifs is 2. The van der Waals surface area contributed by atoms with Crippen molar-refractivity contribution >= 4 is 18.3 Å². The van der Waals surface area contributed by atoms with Crippen molar-refractivity contribution in [1.82, 2.24) is 10.2 Å². The minimum Gasteiger partial charge on any atom is -0.341 e. The van der Waals surface area contributed by atoms with E-state index in [4.69, 9.17) is 0 Å². The zero-order chi connectivity index (χ0) is 15.2. The van der Waals surface area contributed by atoms with Crippen molar-refractivity contribution in [3.63, 3.8) is 0 Å². The van der Waals surface area contributed by atoms with Crippen molar-refractivity contribution in [3.8, 4) is 0 Å². The van der Waals surface area contributed by atoms with Crippen LogP contribution in [0.4, 0.5) is 0 Å². The molecule has 2 fully saturated rings. The molecule has 0 aromatic heterocycles. The maximum Gasteiger partial charge on any atom is 0.226 e.